The Hall–Kier alpha value is -2.81. The lowest BCUT2D eigenvalue weighted by Crippen LogP contribution is -2.47. The molecule has 10 heteroatoms. The fourth-order valence-corrected chi connectivity index (χ4v) is 8.58. The lowest BCUT2D eigenvalue weighted by atomic mass is 10.0. The highest BCUT2D eigenvalue weighted by Gasteiger charge is 2.30. The highest BCUT2D eigenvalue weighted by Crippen LogP contribution is 2.43. The number of phosphoric ester groups is 1. The maximum atomic E-state index is 13.5. The average Bonchev–Trinajstić information content (AvgIpc) is 3.33. The lowest BCUT2D eigenvalue weighted by Gasteiger charge is -2.27. The van der Waals surface area contributed by atoms with E-state index >= 15 is 0 Å². The molecule has 0 aromatic carbocycles. The molecule has 0 aliphatic heterocycles. The van der Waals surface area contributed by atoms with Crippen molar-refractivity contribution in [1.29, 1.82) is 0 Å². The number of likely N-dealkylation sites (N-methyl/N-ethyl adjacent to an activating group) is 1. The van der Waals surface area contributed by atoms with Crippen LogP contribution in [0.1, 0.15) is 239 Å². The number of carbonyl (C=O) groups is 2. The number of nitrogens with zero attached hydrogens (tertiary/aromatic N) is 1. The van der Waals surface area contributed by atoms with Crippen LogP contribution in [0.3, 0.4) is 0 Å². The van der Waals surface area contributed by atoms with E-state index in [1.807, 2.05) is 33.3 Å². The molecular weight excluding hydrogens is 904 g/mol. The minimum Gasteiger partial charge on any atom is -0.456 e. The van der Waals surface area contributed by atoms with Crippen molar-refractivity contribution in [3.63, 3.8) is 0 Å². The van der Waals surface area contributed by atoms with Gasteiger partial charge in [-0.3, -0.25) is 18.6 Å². The Kier molecular flexibility index (Phi) is 48.7. The van der Waals surface area contributed by atoms with Gasteiger partial charge >= 0.3 is 13.8 Å². The van der Waals surface area contributed by atoms with Gasteiger partial charge in [0.1, 0.15) is 19.3 Å². The molecule has 71 heavy (non-hydrogen) atoms. The monoisotopic (exact) mass is 1010 g/mol. The molecule has 0 aromatic heterocycles. The van der Waals surface area contributed by atoms with Crippen molar-refractivity contribution in [2.45, 2.75) is 251 Å². The Balaban J connectivity index is 5.38. The van der Waals surface area contributed by atoms with E-state index in [9.17, 15) is 19.0 Å². The molecule has 0 saturated heterocycles. The van der Waals surface area contributed by atoms with Crippen LogP contribution in [0, 0.1) is 0 Å². The number of allylic oxidation sites excluding steroid dienone is 13. The van der Waals surface area contributed by atoms with Gasteiger partial charge in [-0.05, 0) is 102 Å². The summed E-state index contributed by atoms with van der Waals surface area (Å²) in [5.41, 5.74) is 0. The van der Waals surface area contributed by atoms with Crippen molar-refractivity contribution >= 4 is 19.7 Å². The standard InChI is InChI=1S/C61H109N2O7P/c1-7-10-13-16-19-22-25-28-30-31-32-33-34-36-39-42-45-48-51-54-61(65)70-59(52-49-46-43-40-37-27-24-21-18-15-12-9-3)58(57-69-71(66,67)68-56-55-63(4,5)6)62-60(64)53-50-47-44-41-38-35-29-26-23-20-17-14-11-8-2/h11,14,19-20,22-23,28-30,32-33,35,49,52,58-59H,7-10,12-13,15-18,21,24-27,31,34,36-48,50-51,53-57H2,1-6H3,(H-,62,64,66,67)/p+1/b14-11+,22-19-,23-20+,30-28-,33-32-,35-29+,52-49+. The van der Waals surface area contributed by atoms with Crippen LogP contribution in [-0.4, -0.2) is 74.3 Å². The molecule has 3 atom stereocenters. The third-order valence-corrected chi connectivity index (χ3v) is 13.3. The van der Waals surface area contributed by atoms with Crippen LogP contribution in [0.4, 0.5) is 0 Å². The highest BCUT2D eigenvalue weighted by atomic mass is 31.2. The Morgan fingerprint density at radius 2 is 0.901 bits per heavy atom. The van der Waals surface area contributed by atoms with Crippen molar-refractivity contribution < 1.29 is 37.3 Å². The van der Waals surface area contributed by atoms with E-state index in [1.54, 1.807) is 0 Å². The van der Waals surface area contributed by atoms with E-state index < -0.39 is 20.0 Å². The Morgan fingerprint density at radius 1 is 0.507 bits per heavy atom. The van der Waals surface area contributed by atoms with Crippen LogP contribution in [0.2, 0.25) is 0 Å². The summed E-state index contributed by atoms with van der Waals surface area (Å²) in [4.78, 5) is 37.6. The molecule has 0 aliphatic carbocycles. The lowest BCUT2D eigenvalue weighted by molar-refractivity contribution is -0.870. The molecule has 0 aromatic rings. The van der Waals surface area contributed by atoms with Gasteiger partial charge in [-0.25, -0.2) is 4.57 Å². The second-order valence-electron chi connectivity index (χ2n) is 20.4. The van der Waals surface area contributed by atoms with Crippen molar-refractivity contribution in [3.05, 3.63) is 85.1 Å². The maximum Gasteiger partial charge on any atom is 0.472 e. The summed E-state index contributed by atoms with van der Waals surface area (Å²) in [6.45, 7) is 6.83. The summed E-state index contributed by atoms with van der Waals surface area (Å²) in [5.74, 6) is -0.550. The highest BCUT2D eigenvalue weighted by molar-refractivity contribution is 7.47. The molecule has 2 N–H and O–H groups in total. The number of ether oxygens (including phenoxy) is 1. The number of unbranched alkanes of at least 4 members (excludes halogenated alkanes) is 23. The van der Waals surface area contributed by atoms with Crippen molar-refractivity contribution in [2.75, 3.05) is 40.9 Å². The third-order valence-electron chi connectivity index (χ3n) is 12.3. The Labute approximate surface area is 437 Å². The van der Waals surface area contributed by atoms with Gasteiger partial charge < -0.3 is 19.4 Å². The second-order valence-corrected chi connectivity index (χ2v) is 21.9. The number of rotatable bonds is 51. The fraction of sp³-hybridized carbons (Fsp3) is 0.738. The summed E-state index contributed by atoms with van der Waals surface area (Å²) < 4.78 is 30.6. The maximum absolute atomic E-state index is 13.5. The number of hydrogen-bond acceptors (Lipinski definition) is 6. The number of hydrogen-bond donors (Lipinski definition) is 2. The molecule has 3 unspecified atom stereocenters. The van der Waals surface area contributed by atoms with Gasteiger partial charge in [-0.1, -0.05) is 209 Å². The predicted octanol–water partition coefficient (Wildman–Crippen LogP) is 17.4. The average molecular weight is 1010 g/mol. The molecule has 0 aliphatic rings. The van der Waals surface area contributed by atoms with Gasteiger partial charge in [0.2, 0.25) is 5.91 Å². The molecule has 410 valence electrons. The normalized spacial score (nSPS) is 14.4. The largest absolute Gasteiger partial charge is 0.472 e. The number of amides is 1. The quantitative estimate of drug-likeness (QED) is 0.0205. The summed E-state index contributed by atoms with van der Waals surface area (Å²) in [7, 11) is 1.46. The van der Waals surface area contributed by atoms with Crippen molar-refractivity contribution in [1.82, 2.24) is 5.32 Å². The number of nitrogens with one attached hydrogen (secondary N) is 1. The Bertz CT molecular complexity index is 1490. The van der Waals surface area contributed by atoms with E-state index in [2.05, 4.69) is 99.0 Å². The first kappa shape index (κ1) is 68.2. The van der Waals surface area contributed by atoms with Gasteiger partial charge in [0.05, 0.1) is 33.8 Å². The molecule has 0 bridgehead atoms. The van der Waals surface area contributed by atoms with Gasteiger partial charge in [0.15, 0.2) is 0 Å². The summed E-state index contributed by atoms with van der Waals surface area (Å²) >= 11 is 0. The number of phosphoric acid groups is 1. The minimum absolute atomic E-state index is 0.0296. The van der Waals surface area contributed by atoms with Crippen LogP contribution in [-0.2, 0) is 27.9 Å². The molecular formula is C61H110N2O7P+. The molecule has 0 spiro atoms. The van der Waals surface area contributed by atoms with Crippen molar-refractivity contribution in [3.8, 4) is 0 Å². The van der Waals surface area contributed by atoms with Crippen LogP contribution in [0.15, 0.2) is 85.1 Å². The number of esters is 1. The van der Waals surface area contributed by atoms with E-state index in [4.69, 9.17) is 13.8 Å². The zero-order valence-electron chi connectivity index (χ0n) is 46.7. The van der Waals surface area contributed by atoms with Crippen LogP contribution >= 0.6 is 7.82 Å². The summed E-state index contributed by atoms with van der Waals surface area (Å²) in [5, 5.41) is 3.03. The van der Waals surface area contributed by atoms with E-state index in [0.717, 1.165) is 109 Å². The van der Waals surface area contributed by atoms with Crippen molar-refractivity contribution in [2.24, 2.45) is 0 Å². The second kappa shape index (κ2) is 50.7. The zero-order valence-corrected chi connectivity index (χ0v) is 47.6. The molecule has 0 heterocycles. The van der Waals surface area contributed by atoms with Gasteiger partial charge in [-0.15, -0.1) is 0 Å². The van der Waals surface area contributed by atoms with Crippen LogP contribution < -0.4 is 5.32 Å². The first-order valence-corrected chi connectivity index (χ1v) is 30.4. The molecule has 9 nitrogen and oxygen atoms in total. The molecule has 0 saturated carbocycles. The number of quaternary nitrogens is 1. The van der Waals surface area contributed by atoms with E-state index in [1.165, 1.54) is 89.9 Å². The fourth-order valence-electron chi connectivity index (χ4n) is 7.84. The molecule has 0 radical (unpaired) electrons. The summed E-state index contributed by atoms with van der Waals surface area (Å²) in [6, 6.07) is -0.868. The smallest absolute Gasteiger partial charge is 0.456 e. The van der Waals surface area contributed by atoms with Gasteiger partial charge in [-0.2, -0.15) is 0 Å². The van der Waals surface area contributed by atoms with Crippen LogP contribution in [0.25, 0.3) is 0 Å². The first-order chi connectivity index (χ1) is 34.4. The van der Waals surface area contributed by atoms with Gasteiger partial charge in [0.25, 0.3) is 0 Å². The van der Waals surface area contributed by atoms with Gasteiger partial charge in [0, 0.05) is 12.8 Å². The minimum atomic E-state index is -4.46. The zero-order chi connectivity index (χ0) is 52.2. The summed E-state index contributed by atoms with van der Waals surface area (Å²) in [6.07, 6.45) is 65.7. The third kappa shape index (κ3) is 51.9. The first-order valence-electron chi connectivity index (χ1n) is 28.9. The SMILES string of the molecule is CC/C=C/C/C=C/C/C=C/CCCCCCC(=O)NC(COP(=O)(O)OCC[N+](C)(C)C)C(/C=C/CCCCCCCCCCCC)OC(=O)CCCCCCCC/C=C\C/C=C\C/C=C\CCCCC. The van der Waals surface area contributed by atoms with E-state index in [-0.39, 0.29) is 31.5 Å². The molecule has 0 rings (SSSR count). The van der Waals surface area contributed by atoms with E-state index in [0.29, 0.717) is 23.9 Å². The van der Waals surface area contributed by atoms with Crippen LogP contribution in [0.5, 0.6) is 0 Å². The number of carbonyl (C=O) groups excluding carboxylic acids is 2. The molecule has 1 amide bonds. The topological polar surface area (TPSA) is 111 Å². The molecule has 0 fully saturated rings. The Morgan fingerprint density at radius 3 is 1.38 bits per heavy atom. The predicted molar refractivity (Wildman–Crippen MR) is 304 cm³/mol.